The maximum absolute atomic E-state index is 12.8. The summed E-state index contributed by atoms with van der Waals surface area (Å²) in [7, 11) is -3.34. The second-order valence-corrected chi connectivity index (χ2v) is 10.9. The second kappa shape index (κ2) is 9.39. The number of rotatable bonds is 5. The van der Waals surface area contributed by atoms with Gasteiger partial charge in [-0.1, -0.05) is 13.3 Å². The number of thiophene rings is 1. The smallest absolute Gasteiger partial charge is 0.252 e. The predicted molar refractivity (Wildman–Crippen MR) is 112 cm³/mol. The summed E-state index contributed by atoms with van der Waals surface area (Å²) in [6.45, 7) is 9.08. The van der Waals surface area contributed by atoms with Gasteiger partial charge >= 0.3 is 0 Å². The van der Waals surface area contributed by atoms with Gasteiger partial charge in [-0.15, -0.1) is 11.3 Å². The third-order valence-corrected chi connectivity index (χ3v) is 8.66. The van der Waals surface area contributed by atoms with Gasteiger partial charge in [0.25, 0.3) is 10.0 Å². The highest BCUT2D eigenvalue weighted by Gasteiger charge is 2.27. The van der Waals surface area contributed by atoms with Crippen molar-refractivity contribution in [3.05, 3.63) is 17.0 Å². The van der Waals surface area contributed by atoms with Gasteiger partial charge in [-0.25, -0.2) is 13.4 Å². The van der Waals surface area contributed by atoms with Crippen LogP contribution >= 0.6 is 11.3 Å². The van der Waals surface area contributed by atoms with Gasteiger partial charge in [0.1, 0.15) is 4.21 Å². The normalized spacial score (nSPS) is 22.8. The highest BCUT2D eigenvalue weighted by molar-refractivity contribution is 7.91. The molecule has 152 valence electrons. The van der Waals surface area contributed by atoms with E-state index in [4.69, 9.17) is 4.99 Å². The highest BCUT2D eigenvalue weighted by Crippen LogP contribution is 2.27. The van der Waals surface area contributed by atoms with Crippen LogP contribution in [0.1, 0.15) is 50.8 Å². The minimum Gasteiger partial charge on any atom is -0.357 e. The van der Waals surface area contributed by atoms with E-state index in [2.05, 4.69) is 24.1 Å². The molecule has 3 rings (SSSR count). The molecule has 0 bridgehead atoms. The number of likely N-dealkylation sites (tertiary alicyclic amines) is 1. The van der Waals surface area contributed by atoms with Crippen LogP contribution in [-0.2, 0) is 16.6 Å². The van der Waals surface area contributed by atoms with Gasteiger partial charge in [0.05, 0.1) is 6.54 Å². The molecule has 1 N–H and O–H groups in total. The van der Waals surface area contributed by atoms with Crippen molar-refractivity contribution >= 4 is 27.3 Å². The van der Waals surface area contributed by atoms with E-state index in [1.165, 1.54) is 24.2 Å². The average Bonchev–Trinajstić information content (AvgIpc) is 3.16. The summed E-state index contributed by atoms with van der Waals surface area (Å²) in [4.78, 5) is 8.10. The molecule has 3 heterocycles. The zero-order valence-corrected chi connectivity index (χ0v) is 18.1. The molecule has 0 aliphatic carbocycles. The van der Waals surface area contributed by atoms with Gasteiger partial charge in [-0.05, 0) is 50.7 Å². The number of hydrogen-bond donors (Lipinski definition) is 1. The molecular weight excluding hydrogens is 380 g/mol. The summed E-state index contributed by atoms with van der Waals surface area (Å²) < 4.78 is 27.7. The van der Waals surface area contributed by atoms with Crippen molar-refractivity contribution in [2.24, 2.45) is 10.9 Å². The predicted octanol–water partition coefficient (Wildman–Crippen LogP) is 3.12. The summed E-state index contributed by atoms with van der Waals surface area (Å²) >= 11 is 1.36. The van der Waals surface area contributed by atoms with E-state index in [1.54, 1.807) is 10.4 Å². The third-order valence-electron chi connectivity index (χ3n) is 5.22. The van der Waals surface area contributed by atoms with Gasteiger partial charge in [0, 0.05) is 37.6 Å². The van der Waals surface area contributed by atoms with Crippen molar-refractivity contribution in [1.82, 2.24) is 14.5 Å². The summed E-state index contributed by atoms with van der Waals surface area (Å²) in [6.07, 6.45) is 5.52. The standard InChI is InChI=1S/C19H32N4O2S2/c1-3-20-19(22-11-7-8-16(2)15-22)21-14-17-9-10-18(26-17)27(24,25)23-12-5-4-6-13-23/h9-10,16H,3-8,11-15H2,1-2H3,(H,20,21). The molecule has 2 saturated heterocycles. The highest BCUT2D eigenvalue weighted by atomic mass is 32.2. The van der Waals surface area contributed by atoms with Crippen molar-refractivity contribution in [1.29, 1.82) is 0 Å². The lowest BCUT2D eigenvalue weighted by Gasteiger charge is -2.33. The minimum absolute atomic E-state index is 0.450. The molecule has 1 aromatic rings. The summed E-state index contributed by atoms with van der Waals surface area (Å²) in [5.74, 6) is 1.63. The largest absolute Gasteiger partial charge is 0.357 e. The molecule has 0 radical (unpaired) electrons. The lowest BCUT2D eigenvalue weighted by atomic mass is 10.0. The minimum atomic E-state index is -3.34. The van der Waals surface area contributed by atoms with Crippen molar-refractivity contribution in [2.45, 2.75) is 56.7 Å². The molecule has 0 spiro atoms. The quantitative estimate of drug-likeness (QED) is 0.596. The number of sulfonamides is 1. The zero-order chi connectivity index (χ0) is 19.3. The number of hydrogen-bond acceptors (Lipinski definition) is 4. The topological polar surface area (TPSA) is 65.0 Å². The van der Waals surface area contributed by atoms with Crippen molar-refractivity contribution in [2.75, 3.05) is 32.7 Å². The summed E-state index contributed by atoms with van der Waals surface area (Å²) in [5, 5.41) is 3.39. The number of nitrogens with zero attached hydrogens (tertiary/aromatic N) is 3. The Hall–Kier alpha value is -1.12. The molecule has 2 fully saturated rings. The average molecular weight is 413 g/mol. The summed E-state index contributed by atoms with van der Waals surface area (Å²) in [5.41, 5.74) is 0. The van der Waals surface area contributed by atoms with Crippen LogP contribution in [0.15, 0.2) is 21.3 Å². The molecule has 1 unspecified atom stereocenters. The second-order valence-electron chi connectivity index (χ2n) is 7.55. The molecule has 0 aromatic carbocycles. The van der Waals surface area contributed by atoms with Crippen LogP contribution in [-0.4, -0.2) is 56.3 Å². The van der Waals surface area contributed by atoms with E-state index >= 15 is 0 Å². The number of nitrogens with one attached hydrogen (secondary N) is 1. The lowest BCUT2D eigenvalue weighted by molar-refractivity contribution is 0.266. The van der Waals surface area contributed by atoms with Gasteiger partial charge in [0.2, 0.25) is 0 Å². The molecule has 1 aromatic heterocycles. The Kier molecular flexibility index (Phi) is 7.16. The Labute approximate surface area is 167 Å². The molecule has 1 atom stereocenters. The fourth-order valence-electron chi connectivity index (χ4n) is 3.77. The van der Waals surface area contributed by atoms with Crippen LogP contribution < -0.4 is 5.32 Å². The lowest BCUT2D eigenvalue weighted by Crippen LogP contribution is -2.46. The van der Waals surface area contributed by atoms with E-state index in [0.717, 1.165) is 49.7 Å². The monoisotopic (exact) mass is 412 g/mol. The number of piperidine rings is 2. The van der Waals surface area contributed by atoms with Crippen LogP contribution in [0.2, 0.25) is 0 Å². The van der Waals surface area contributed by atoms with Crippen LogP contribution in [0.25, 0.3) is 0 Å². The Balaban J connectivity index is 1.69. The first-order chi connectivity index (χ1) is 13.0. The molecule has 0 saturated carbocycles. The van der Waals surface area contributed by atoms with Gasteiger partial charge in [0.15, 0.2) is 5.96 Å². The Morgan fingerprint density at radius 2 is 2.00 bits per heavy atom. The van der Waals surface area contributed by atoms with Crippen molar-refractivity contribution < 1.29 is 8.42 Å². The Bertz CT molecular complexity index is 739. The van der Waals surface area contributed by atoms with E-state index in [-0.39, 0.29) is 0 Å². The van der Waals surface area contributed by atoms with Crippen molar-refractivity contribution in [3.63, 3.8) is 0 Å². The SMILES string of the molecule is CCNC(=NCc1ccc(S(=O)(=O)N2CCCCC2)s1)N1CCCC(C)C1. The van der Waals surface area contributed by atoms with E-state index in [9.17, 15) is 8.42 Å². The van der Waals surface area contributed by atoms with Crippen molar-refractivity contribution in [3.8, 4) is 0 Å². The first-order valence-corrected chi connectivity index (χ1v) is 12.4. The van der Waals surface area contributed by atoms with E-state index in [0.29, 0.717) is 29.8 Å². The van der Waals surface area contributed by atoms with Gasteiger partial charge < -0.3 is 10.2 Å². The van der Waals surface area contributed by atoms with Gasteiger partial charge in [-0.2, -0.15) is 4.31 Å². The van der Waals surface area contributed by atoms with Crippen LogP contribution in [0, 0.1) is 5.92 Å². The van der Waals surface area contributed by atoms with E-state index < -0.39 is 10.0 Å². The van der Waals surface area contributed by atoms with Gasteiger partial charge in [-0.3, -0.25) is 0 Å². The van der Waals surface area contributed by atoms with Crippen LogP contribution in [0.3, 0.4) is 0 Å². The summed E-state index contributed by atoms with van der Waals surface area (Å²) in [6, 6.07) is 3.66. The first kappa shape index (κ1) is 20.6. The molecule has 2 aliphatic heterocycles. The third kappa shape index (κ3) is 5.23. The maximum Gasteiger partial charge on any atom is 0.252 e. The Morgan fingerprint density at radius 1 is 1.22 bits per heavy atom. The van der Waals surface area contributed by atoms with Crippen LogP contribution in [0.4, 0.5) is 0 Å². The molecule has 27 heavy (non-hydrogen) atoms. The zero-order valence-electron chi connectivity index (χ0n) is 16.5. The fourth-order valence-corrected chi connectivity index (χ4v) is 6.73. The molecule has 6 nitrogen and oxygen atoms in total. The van der Waals surface area contributed by atoms with Crippen LogP contribution in [0.5, 0.6) is 0 Å². The number of aliphatic imine (C=N–C) groups is 1. The first-order valence-electron chi connectivity index (χ1n) is 10.1. The molecule has 2 aliphatic rings. The fraction of sp³-hybridized carbons (Fsp3) is 0.737. The molecule has 0 amide bonds. The molecular formula is C19H32N4O2S2. The molecule has 8 heteroatoms. The van der Waals surface area contributed by atoms with E-state index in [1.807, 2.05) is 6.07 Å². The maximum atomic E-state index is 12.8. The number of guanidine groups is 1. The Morgan fingerprint density at radius 3 is 2.70 bits per heavy atom.